The lowest BCUT2D eigenvalue weighted by molar-refractivity contribution is -0.254. The summed E-state index contributed by atoms with van der Waals surface area (Å²) >= 11 is 0.934. The van der Waals surface area contributed by atoms with E-state index >= 15 is 17.6 Å². The van der Waals surface area contributed by atoms with Crippen LogP contribution in [0.15, 0.2) is 24.3 Å². The van der Waals surface area contributed by atoms with E-state index in [0.717, 1.165) is 11.3 Å². The number of nitrogens with zero attached hydrogens (tertiary/aromatic N) is 2. The quantitative estimate of drug-likeness (QED) is 0.389. The molecule has 1 aliphatic carbocycles. The Labute approximate surface area is 178 Å². The number of benzene rings is 1. The molecule has 9 heteroatoms. The van der Waals surface area contributed by atoms with Gasteiger partial charge in [-0.25, -0.2) is 0 Å². The number of alkyl halides is 6. The van der Waals surface area contributed by atoms with Gasteiger partial charge in [0.05, 0.1) is 5.56 Å². The molecule has 0 aliphatic heterocycles. The molecule has 0 amide bonds. The number of hydrogen-bond acceptors (Lipinski definition) is 2. The number of allylic oxidation sites excluding steroid dienone is 2. The van der Waals surface area contributed by atoms with Crippen LogP contribution in [-0.4, -0.2) is 22.3 Å². The molecule has 4 rings (SSSR count). The molecule has 2 aromatic heterocycles. The predicted molar refractivity (Wildman–Crippen MR) is 108 cm³/mol. The number of nitriles is 1. The number of halogens is 6. The maximum Gasteiger partial charge on any atom is 0.380 e. The molecule has 0 saturated heterocycles. The molecule has 162 valence electrons. The van der Waals surface area contributed by atoms with Crippen LogP contribution in [0.1, 0.15) is 32.1 Å². The van der Waals surface area contributed by atoms with Crippen molar-refractivity contribution in [2.45, 2.75) is 38.5 Å². The van der Waals surface area contributed by atoms with Crippen LogP contribution in [0.2, 0.25) is 0 Å². The van der Waals surface area contributed by atoms with Gasteiger partial charge in [-0.05, 0) is 26.8 Å². The van der Waals surface area contributed by atoms with Crippen molar-refractivity contribution in [2.24, 2.45) is 7.05 Å². The van der Waals surface area contributed by atoms with Crippen LogP contribution in [0, 0.1) is 32.1 Å². The number of fused-ring (bicyclic) bond motifs is 1. The Morgan fingerprint density at radius 1 is 0.871 bits per heavy atom. The van der Waals surface area contributed by atoms with Gasteiger partial charge in [0, 0.05) is 55.7 Å². The normalized spacial score (nSPS) is 19.3. The first-order valence-electron chi connectivity index (χ1n) is 9.24. The molecule has 2 heterocycles. The zero-order valence-electron chi connectivity index (χ0n) is 16.9. The van der Waals surface area contributed by atoms with Crippen LogP contribution < -0.4 is 0 Å². The molecule has 0 unspecified atom stereocenters. The zero-order valence-corrected chi connectivity index (χ0v) is 17.7. The minimum atomic E-state index is -5.66. The largest absolute Gasteiger partial charge is 0.380 e. The van der Waals surface area contributed by atoms with E-state index in [1.807, 2.05) is 0 Å². The van der Waals surface area contributed by atoms with Crippen molar-refractivity contribution in [1.82, 2.24) is 4.57 Å². The van der Waals surface area contributed by atoms with E-state index in [9.17, 15) is 14.0 Å². The van der Waals surface area contributed by atoms with E-state index < -0.39 is 34.5 Å². The summed E-state index contributed by atoms with van der Waals surface area (Å²) in [5.41, 5.74) is -3.49. The Morgan fingerprint density at radius 3 is 2.00 bits per heavy atom. The van der Waals surface area contributed by atoms with Gasteiger partial charge in [-0.2, -0.15) is 31.6 Å². The van der Waals surface area contributed by atoms with E-state index in [1.165, 1.54) is 37.5 Å². The van der Waals surface area contributed by atoms with Crippen molar-refractivity contribution in [3.63, 3.8) is 0 Å². The van der Waals surface area contributed by atoms with E-state index in [-0.39, 0.29) is 27.1 Å². The zero-order chi connectivity index (χ0) is 23.1. The fraction of sp³-hybridized carbons (Fsp3) is 0.318. The highest BCUT2D eigenvalue weighted by atomic mass is 32.1. The fourth-order valence-electron chi connectivity index (χ4n) is 4.34. The smallest absolute Gasteiger partial charge is 0.347 e. The molecule has 31 heavy (non-hydrogen) atoms. The Morgan fingerprint density at radius 2 is 1.42 bits per heavy atom. The van der Waals surface area contributed by atoms with Crippen LogP contribution >= 0.6 is 11.3 Å². The molecule has 1 aromatic carbocycles. The minimum absolute atomic E-state index is 0.104. The molecule has 3 aromatic rings. The Hall–Kier alpha value is -2.73. The molecular formula is C22H16F6N2S. The van der Waals surface area contributed by atoms with Crippen molar-refractivity contribution in [2.75, 3.05) is 0 Å². The molecule has 0 N–H and O–H groups in total. The number of thiophene rings is 1. The summed E-state index contributed by atoms with van der Waals surface area (Å²) < 4.78 is 91.5. The van der Waals surface area contributed by atoms with Crippen molar-refractivity contribution >= 4 is 33.4 Å². The summed E-state index contributed by atoms with van der Waals surface area (Å²) in [4.78, 5) is 0.401. The first kappa shape index (κ1) is 21.5. The number of aromatic nitrogens is 1. The van der Waals surface area contributed by atoms with E-state index in [2.05, 4.69) is 0 Å². The van der Waals surface area contributed by atoms with Crippen molar-refractivity contribution < 1.29 is 26.3 Å². The molecule has 0 bridgehead atoms. The molecule has 0 spiro atoms. The fourth-order valence-corrected chi connectivity index (χ4v) is 5.36. The Kier molecular flexibility index (Phi) is 4.43. The van der Waals surface area contributed by atoms with Crippen LogP contribution in [0.25, 0.3) is 22.0 Å². The third-order valence-electron chi connectivity index (χ3n) is 5.94. The van der Waals surface area contributed by atoms with E-state index in [0.29, 0.717) is 10.4 Å². The lowest BCUT2D eigenvalue weighted by atomic mass is 9.91. The maximum atomic E-state index is 15.2. The van der Waals surface area contributed by atoms with Crippen molar-refractivity contribution in [3.8, 4) is 6.07 Å². The van der Waals surface area contributed by atoms with Gasteiger partial charge in [0.2, 0.25) is 0 Å². The van der Waals surface area contributed by atoms with Gasteiger partial charge < -0.3 is 4.57 Å². The Bertz CT molecular complexity index is 1320. The minimum Gasteiger partial charge on any atom is -0.347 e. The highest BCUT2D eigenvalue weighted by Crippen LogP contribution is 2.66. The van der Waals surface area contributed by atoms with Gasteiger partial charge in [-0.1, -0.05) is 18.2 Å². The summed E-state index contributed by atoms with van der Waals surface area (Å²) in [5.74, 6) is -16.0. The molecule has 0 atom stereocenters. The third-order valence-corrected chi connectivity index (χ3v) is 6.96. The summed E-state index contributed by atoms with van der Waals surface area (Å²) in [6, 6.07) is 7.92. The Balaban J connectivity index is 2.28. The highest BCUT2D eigenvalue weighted by Gasteiger charge is 2.80. The van der Waals surface area contributed by atoms with Crippen molar-refractivity contribution in [1.29, 1.82) is 5.26 Å². The van der Waals surface area contributed by atoms with E-state index in [4.69, 9.17) is 0 Å². The predicted octanol–water partition coefficient (Wildman–Crippen LogP) is 6.87. The highest BCUT2D eigenvalue weighted by molar-refractivity contribution is 7.12. The summed E-state index contributed by atoms with van der Waals surface area (Å²) in [7, 11) is 1.55. The van der Waals surface area contributed by atoms with Crippen LogP contribution in [-0.2, 0) is 7.05 Å². The number of rotatable bonds is 2. The van der Waals surface area contributed by atoms with Crippen LogP contribution in [0.5, 0.6) is 0 Å². The number of hydrogen-bond donors (Lipinski definition) is 0. The van der Waals surface area contributed by atoms with Crippen LogP contribution in [0.4, 0.5) is 26.3 Å². The molecule has 2 nitrogen and oxygen atoms in total. The van der Waals surface area contributed by atoms with Gasteiger partial charge in [-0.15, -0.1) is 11.3 Å². The first-order valence-corrected chi connectivity index (χ1v) is 10.1. The number of para-hydroxylation sites is 1. The molecular weight excluding hydrogens is 438 g/mol. The topological polar surface area (TPSA) is 28.7 Å². The van der Waals surface area contributed by atoms with Gasteiger partial charge >= 0.3 is 17.8 Å². The van der Waals surface area contributed by atoms with Gasteiger partial charge in [-0.3, -0.25) is 0 Å². The third kappa shape index (κ3) is 2.45. The second-order valence-corrected chi connectivity index (χ2v) is 9.01. The van der Waals surface area contributed by atoms with Crippen molar-refractivity contribution in [3.05, 3.63) is 56.4 Å². The van der Waals surface area contributed by atoms with Gasteiger partial charge in [0.25, 0.3) is 0 Å². The van der Waals surface area contributed by atoms with E-state index in [1.54, 1.807) is 25.2 Å². The lowest BCUT2D eigenvalue weighted by Crippen LogP contribution is -2.49. The molecule has 1 aliphatic rings. The summed E-state index contributed by atoms with van der Waals surface area (Å²) in [5, 5.41) is 9.66. The summed E-state index contributed by atoms with van der Waals surface area (Å²) in [6.07, 6.45) is 0. The lowest BCUT2D eigenvalue weighted by Gasteiger charge is -2.26. The molecule has 0 fully saturated rings. The molecule has 0 saturated carbocycles. The first-order chi connectivity index (χ1) is 14.3. The average Bonchev–Trinajstić information content (AvgIpc) is 3.15. The SMILES string of the molecule is Cc1sc(C)c(C2=C(c3c(C)n(C)c4ccccc34)C(F)(F)C(F)(F)C2(F)F)c1C#N. The second-order valence-electron chi connectivity index (χ2n) is 7.59. The molecule has 0 radical (unpaired) electrons. The van der Waals surface area contributed by atoms with Crippen LogP contribution in [0.3, 0.4) is 0 Å². The monoisotopic (exact) mass is 454 g/mol. The maximum absolute atomic E-state index is 15.2. The standard InChI is InChI=1S/C22H16F6N2S/c1-10-16(13-7-5-6-8-15(13)30(10)4)18-19(17-12(3)31-11(2)14(17)9-29)21(25,26)22(27,28)20(18,23)24/h5-8H,1-4H3. The summed E-state index contributed by atoms with van der Waals surface area (Å²) in [6.45, 7) is 4.24. The number of aryl methyl sites for hydroxylation is 3. The second kappa shape index (κ2) is 6.39. The van der Waals surface area contributed by atoms with Gasteiger partial charge in [0.15, 0.2) is 0 Å². The van der Waals surface area contributed by atoms with Gasteiger partial charge in [0.1, 0.15) is 6.07 Å². The average molecular weight is 454 g/mol.